The second-order valence-corrected chi connectivity index (χ2v) is 6.03. The van der Waals surface area contributed by atoms with E-state index in [0.29, 0.717) is 0 Å². The molecule has 0 amide bonds. The topological polar surface area (TPSA) is 3.24 Å². The number of rotatable bonds is 3. The lowest BCUT2D eigenvalue weighted by atomic mass is 10.0. The minimum Gasteiger partial charge on any atom is -0.370 e. The van der Waals surface area contributed by atoms with Crippen molar-refractivity contribution in [3.63, 3.8) is 0 Å². The Kier molecular flexibility index (Phi) is 3.47. The summed E-state index contributed by atoms with van der Waals surface area (Å²) in [4.78, 5) is 2.30. The summed E-state index contributed by atoms with van der Waals surface area (Å²) in [5.41, 5.74) is 2.57. The number of nitrogens with zero attached hydrogens (tertiary/aromatic N) is 1. The Morgan fingerprint density at radius 2 is 1.30 bits per heavy atom. The van der Waals surface area contributed by atoms with Gasteiger partial charge in [0.2, 0.25) is 0 Å². The highest BCUT2D eigenvalue weighted by atomic mass is 15.1. The third-order valence-corrected chi connectivity index (χ3v) is 4.43. The van der Waals surface area contributed by atoms with Gasteiger partial charge in [-0.05, 0) is 39.2 Å². The summed E-state index contributed by atoms with van der Waals surface area (Å²) in [7, 11) is 2.15. The first-order chi connectivity index (χ1) is 11.3. The minimum absolute atomic E-state index is 0.914. The van der Waals surface area contributed by atoms with E-state index >= 15 is 0 Å². The Bertz CT molecular complexity index is 957. The monoisotopic (exact) mass is 297 g/mol. The van der Waals surface area contributed by atoms with Crippen molar-refractivity contribution in [1.29, 1.82) is 0 Å². The van der Waals surface area contributed by atoms with Gasteiger partial charge in [0.1, 0.15) is 0 Å². The van der Waals surface area contributed by atoms with Crippen LogP contribution >= 0.6 is 0 Å². The fraction of sp³-hybridized carbons (Fsp3) is 0.0909. The van der Waals surface area contributed by atoms with Crippen LogP contribution in [0.15, 0.2) is 84.9 Å². The number of hydrogen-bond donors (Lipinski definition) is 0. The fourth-order valence-electron chi connectivity index (χ4n) is 3.18. The molecule has 0 spiro atoms. The molecule has 1 nitrogen and oxygen atoms in total. The van der Waals surface area contributed by atoms with E-state index < -0.39 is 0 Å². The van der Waals surface area contributed by atoms with E-state index in [1.54, 1.807) is 0 Å². The Balaban J connectivity index is 1.77. The van der Waals surface area contributed by atoms with Gasteiger partial charge in [0.05, 0.1) is 0 Å². The quantitative estimate of drug-likeness (QED) is 0.443. The molecular weight excluding hydrogens is 278 g/mol. The van der Waals surface area contributed by atoms with Gasteiger partial charge in [0.25, 0.3) is 0 Å². The van der Waals surface area contributed by atoms with E-state index in [9.17, 15) is 0 Å². The van der Waals surface area contributed by atoms with Crippen LogP contribution in [0, 0.1) is 0 Å². The summed E-state index contributed by atoms with van der Waals surface area (Å²) in [6.07, 6.45) is 0. The number of fused-ring (bicyclic) bond motifs is 3. The van der Waals surface area contributed by atoms with Crippen LogP contribution in [0.5, 0.6) is 0 Å². The smallest absolute Gasteiger partial charge is 0.0426 e. The minimum atomic E-state index is 0.914. The average molecular weight is 297 g/mol. The van der Waals surface area contributed by atoms with Gasteiger partial charge in [-0.3, -0.25) is 0 Å². The summed E-state index contributed by atoms with van der Waals surface area (Å²) in [6, 6.07) is 30.3. The van der Waals surface area contributed by atoms with Crippen molar-refractivity contribution in [1.82, 2.24) is 0 Å². The summed E-state index contributed by atoms with van der Waals surface area (Å²) < 4.78 is 0. The van der Waals surface area contributed by atoms with E-state index in [1.807, 2.05) is 0 Å². The van der Waals surface area contributed by atoms with Crippen LogP contribution in [-0.2, 0) is 6.54 Å². The Hall–Kier alpha value is -2.80. The Morgan fingerprint density at radius 1 is 0.652 bits per heavy atom. The SMILES string of the molecule is CN(Cc1ccccc1)c1ccc2ccc3ccccc3c2c1. The van der Waals surface area contributed by atoms with Crippen LogP contribution in [0.4, 0.5) is 5.69 Å². The third kappa shape index (κ3) is 2.66. The van der Waals surface area contributed by atoms with Crippen molar-refractivity contribution in [3.8, 4) is 0 Å². The second-order valence-electron chi connectivity index (χ2n) is 6.03. The van der Waals surface area contributed by atoms with Gasteiger partial charge < -0.3 is 4.90 Å². The number of benzene rings is 4. The molecule has 0 radical (unpaired) electrons. The number of hydrogen-bond acceptors (Lipinski definition) is 1. The maximum absolute atomic E-state index is 2.31. The number of anilines is 1. The molecule has 0 fully saturated rings. The van der Waals surface area contributed by atoms with Crippen molar-refractivity contribution in [2.45, 2.75) is 6.54 Å². The molecule has 112 valence electrons. The molecule has 0 heterocycles. The van der Waals surface area contributed by atoms with Crippen LogP contribution in [0.3, 0.4) is 0 Å². The average Bonchev–Trinajstić information content (AvgIpc) is 2.62. The first-order valence-corrected chi connectivity index (χ1v) is 7.98. The fourth-order valence-corrected chi connectivity index (χ4v) is 3.18. The molecule has 0 aromatic heterocycles. The van der Waals surface area contributed by atoms with Crippen LogP contribution in [-0.4, -0.2) is 7.05 Å². The van der Waals surface area contributed by atoms with Crippen molar-refractivity contribution < 1.29 is 0 Å². The lowest BCUT2D eigenvalue weighted by Crippen LogP contribution is -2.16. The zero-order valence-electron chi connectivity index (χ0n) is 13.2. The third-order valence-electron chi connectivity index (χ3n) is 4.43. The van der Waals surface area contributed by atoms with Crippen LogP contribution in [0.25, 0.3) is 21.5 Å². The summed E-state index contributed by atoms with van der Waals surface area (Å²) in [5.74, 6) is 0. The normalized spacial score (nSPS) is 11.0. The van der Waals surface area contributed by atoms with Gasteiger partial charge in [-0.2, -0.15) is 0 Å². The Morgan fingerprint density at radius 3 is 2.13 bits per heavy atom. The van der Waals surface area contributed by atoms with E-state index in [-0.39, 0.29) is 0 Å². The van der Waals surface area contributed by atoms with Gasteiger partial charge in [-0.25, -0.2) is 0 Å². The van der Waals surface area contributed by atoms with Crippen molar-refractivity contribution >= 4 is 27.2 Å². The summed E-state index contributed by atoms with van der Waals surface area (Å²) in [6.45, 7) is 0.914. The molecule has 4 aromatic rings. The van der Waals surface area contributed by atoms with E-state index in [1.165, 1.54) is 32.8 Å². The van der Waals surface area contributed by atoms with Crippen LogP contribution in [0.2, 0.25) is 0 Å². The molecule has 0 atom stereocenters. The van der Waals surface area contributed by atoms with E-state index in [4.69, 9.17) is 0 Å². The largest absolute Gasteiger partial charge is 0.370 e. The molecule has 0 N–H and O–H groups in total. The lowest BCUT2D eigenvalue weighted by Gasteiger charge is -2.20. The van der Waals surface area contributed by atoms with Gasteiger partial charge in [-0.15, -0.1) is 0 Å². The molecule has 4 aromatic carbocycles. The zero-order valence-corrected chi connectivity index (χ0v) is 13.2. The maximum Gasteiger partial charge on any atom is 0.0426 e. The standard InChI is InChI=1S/C22H19N/c1-23(16-17-7-3-2-4-8-17)20-14-13-19-12-11-18-9-5-6-10-21(18)22(19)15-20/h2-15H,16H2,1H3. The molecule has 1 heteroatoms. The van der Waals surface area contributed by atoms with Crippen molar-refractivity contribution in [3.05, 3.63) is 90.5 Å². The van der Waals surface area contributed by atoms with Crippen molar-refractivity contribution in [2.24, 2.45) is 0 Å². The molecule has 23 heavy (non-hydrogen) atoms. The molecule has 0 aliphatic rings. The summed E-state index contributed by atoms with van der Waals surface area (Å²) >= 11 is 0. The van der Waals surface area contributed by atoms with Gasteiger partial charge in [0, 0.05) is 19.3 Å². The molecule has 0 bridgehead atoms. The second kappa shape index (κ2) is 5.77. The van der Waals surface area contributed by atoms with Gasteiger partial charge >= 0.3 is 0 Å². The van der Waals surface area contributed by atoms with Crippen molar-refractivity contribution in [2.75, 3.05) is 11.9 Å². The predicted octanol–water partition coefficient (Wildman–Crippen LogP) is 5.63. The highest BCUT2D eigenvalue weighted by molar-refractivity contribution is 6.08. The first kappa shape index (κ1) is 13.8. The molecule has 0 unspecified atom stereocenters. The lowest BCUT2D eigenvalue weighted by molar-refractivity contribution is 0.924. The van der Waals surface area contributed by atoms with Gasteiger partial charge in [0.15, 0.2) is 0 Å². The first-order valence-electron chi connectivity index (χ1n) is 7.98. The van der Waals surface area contributed by atoms with E-state index in [2.05, 4.69) is 96.9 Å². The van der Waals surface area contributed by atoms with E-state index in [0.717, 1.165) is 6.54 Å². The van der Waals surface area contributed by atoms with Crippen LogP contribution in [0.1, 0.15) is 5.56 Å². The van der Waals surface area contributed by atoms with Gasteiger partial charge in [-0.1, -0.05) is 72.8 Å². The Labute approximate surface area is 136 Å². The molecule has 0 aliphatic heterocycles. The predicted molar refractivity (Wildman–Crippen MR) is 100 cm³/mol. The molecule has 0 aliphatic carbocycles. The van der Waals surface area contributed by atoms with Crippen LogP contribution < -0.4 is 4.90 Å². The molecule has 4 rings (SSSR count). The maximum atomic E-state index is 2.31. The molecular formula is C22H19N. The molecule has 0 saturated carbocycles. The highest BCUT2D eigenvalue weighted by Gasteiger charge is 2.05. The highest BCUT2D eigenvalue weighted by Crippen LogP contribution is 2.29. The summed E-state index contributed by atoms with van der Waals surface area (Å²) in [5, 5.41) is 5.23. The molecule has 0 saturated heterocycles. The zero-order chi connectivity index (χ0) is 15.6.